The molecule has 27 heavy (non-hydrogen) atoms. The average molecular weight is 362 g/mol. The maximum Gasteiger partial charge on any atom is 0.414 e. The Morgan fingerprint density at radius 1 is 1.07 bits per heavy atom. The Labute approximate surface area is 158 Å². The summed E-state index contributed by atoms with van der Waals surface area (Å²) in [6.45, 7) is 5.90. The molecule has 0 unspecified atom stereocenters. The molecular weight excluding hydrogens is 340 g/mol. The van der Waals surface area contributed by atoms with E-state index in [-0.39, 0.29) is 12.3 Å². The van der Waals surface area contributed by atoms with E-state index in [0.29, 0.717) is 12.0 Å². The fourth-order valence-corrected chi connectivity index (χ4v) is 4.09. The fraction of sp³-hybridized carbons (Fsp3) is 0.318. The number of carbonyl (C=O) groups is 2. The van der Waals surface area contributed by atoms with Crippen LogP contribution in [0.5, 0.6) is 0 Å². The number of hydrogen-bond acceptors (Lipinski definition) is 3. The topological polar surface area (TPSA) is 81.4 Å². The van der Waals surface area contributed by atoms with Crippen molar-refractivity contribution in [1.82, 2.24) is 4.90 Å². The number of nitriles is 1. The highest BCUT2D eigenvalue weighted by Crippen LogP contribution is 2.51. The second-order valence-electron chi connectivity index (χ2n) is 7.89. The van der Waals surface area contributed by atoms with E-state index in [9.17, 15) is 14.7 Å². The Morgan fingerprint density at radius 2 is 1.59 bits per heavy atom. The highest BCUT2D eigenvalue weighted by molar-refractivity contribution is 5.94. The van der Waals surface area contributed by atoms with Gasteiger partial charge in [-0.2, -0.15) is 5.26 Å². The van der Waals surface area contributed by atoms with Crippen molar-refractivity contribution >= 4 is 12.0 Å². The molecule has 0 aliphatic carbocycles. The third kappa shape index (κ3) is 2.97. The number of benzene rings is 2. The van der Waals surface area contributed by atoms with Crippen molar-refractivity contribution in [2.75, 3.05) is 0 Å². The van der Waals surface area contributed by atoms with Gasteiger partial charge in [-0.1, -0.05) is 57.2 Å². The summed E-state index contributed by atoms with van der Waals surface area (Å²) < 4.78 is 0. The van der Waals surface area contributed by atoms with E-state index in [1.54, 1.807) is 12.1 Å². The molecule has 1 aliphatic rings. The molecule has 1 atom stereocenters. The SMILES string of the molecule is CC(C)(C)[C@]1(c2ccc(-c3ccc(C#N)cc3)cc2)CCC(=O)N1C(=O)O. The maximum absolute atomic E-state index is 12.3. The first-order valence-corrected chi connectivity index (χ1v) is 8.88. The van der Waals surface area contributed by atoms with Crippen molar-refractivity contribution in [3.05, 3.63) is 59.7 Å². The van der Waals surface area contributed by atoms with E-state index in [1.165, 1.54) is 0 Å². The molecule has 1 heterocycles. The Morgan fingerprint density at radius 3 is 2.04 bits per heavy atom. The van der Waals surface area contributed by atoms with Crippen LogP contribution in [0.1, 0.15) is 44.7 Å². The number of carbonyl (C=O) groups excluding carboxylic acids is 1. The van der Waals surface area contributed by atoms with Gasteiger partial charge < -0.3 is 5.11 Å². The van der Waals surface area contributed by atoms with Crippen LogP contribution in [0.15, 0.2) is 48.5 Å². The summed E-state index contributed by atoms with van der Waals surface area (Å²) in [6, 6.07) is 17.1. The molecule has 0 aromatic heterocycles. The van der Waals surface area contributed by atoms with Crippen LogP contribution >= 0.6 is 0 Å². The van der Waals surface area contributed by atoms with Crippen LogP contribution in [0.3, 0.4) is 0 Å². The molecule has 2 amide bonds. The van der Waals surface area contributed by atoms with E-state index in [0.717, 1.165) is 21.6 Å². The number of amides is 2. The first kappa shape index (κ1) is 18.7. The molecule has 3 rings (SSSR count). The molecule has 5 nitrogen and oxygen atoms in total. The maximum atomic E-state index is 12.3. The van der Waals surface area contributed by atoms with Gasteiger partial charge in [0, 0.05) is 6.42 Å². The van der Waals surface area contributed by atoms with Gasteiger partial charge in [0.1, 0.15) is 0 Å². The van der Waals surface area contributed by atoms with E-state index in [4.69, 9.17) is 5.26 Å². The lowest BCUT2D eigenvalue weighted by molar-refractivity contribution is -0.131. The zero-order chi connectivity index (χ0) is 19.8. The second kappa shape index (κ2) is 6.55. The van der Waals surface area contributed by atoms with Gasteiger partial charge in [0.25, 0.3) is 0 Å². The molecule has 2 aromatic carbocycles. The molecule has 138 valence electrons. The van der Waals surface area contributed by atoms with Crippen LogP contribution in [-0.2, 0) is 10.3 Å². The number of rotatable bonds is 2. The van der Waals surface area contributed by atoms with Crippen LogP contribution in [0.25, 0.3) is 11.1 Å². The number of hydrogen-bond donors (Lipinski definition) is 1. The largest absolute Gasteiger partial charge is 0.465 e. The molecule has 0 bridgehead atoms. The smallest absolute Gasteiger partial charge is 0.414 e. The van der Waals surface area contributed by atoms with Crippen molar-refractivity contribution in [2.24, 2.45) is 5.41 Å². The van der Waals surface area contributed by atoms with Crippen LogP contribution < -0.4 is 0 Å². The van der Waals surface area contributed by atoms with Crippen molar-refractivity contribution < 1.29 is 14.7 Å². The molecule has 1 fully saturated rings. The van der Waals surface area contributed by atoms with E-state index in [2.05, 4.69) is 6.07 Å². The molecule has 0 saturated carbocycles. The molecule has 1 saturated heterocycles. The zero-order valence-corrected chi connectivity index (χ0v) is 15.7. The van der Waals surface area contributed by atoms with Crippen LogP contribution in [0.4, 0.5) is 4.79 Å². The lowest BCUT2D eigenvalue weighted by Gasteiger charge is -2.46. The predicted molar refractivity (Wildman–Crippen MR) is 102 cm³/mol. The molecule has 1 N–H and O–H groups in total. The fourth-order valence-electron chi connectivity index (χ4n) is 4.09. The van der Waals surface area contributed by atoms with Crippen LogP contribution in [0.2, 0.25) is 0 Å². The molecular formula is C22H22N2O3. The molecule has 1 aliphatic heterocycles. The Kier molecular flexibility index (Phi) is 4.52. The van der Waals surface area contributed by atoms with Crippen LogP contribution in [-0.4, -0.2) is 22.0 Å². The third-order valence-electron chi connectivity index (χ3n) is 5.47. The number of nitrogens with zero attached hydrogens (tertiary/aromatic N) is 2. The van der Waals surface area contributed by atoms with Gasteiger partial charge >= 0.3 is 6.09 Å². The van der Waals surface area contributed by atoms with Gasteiger partial charge in [-0.3, -0.25) is 4.79 Å². The van der Waals surface area contributed by atoms with Crippen molar-refractivity contribution in [2.45, 2.75) is 39.2 Å². The lowest BCUT2D eigenvalue weighted by Crippen LogP contribution is -2.54. The molecule has 0 radical (unpaired) electrons. The lowest BCUT2D eigenvalue weighted by atomic mass is 9.67. The van der Waals surface area contributed by atoms with Gasteiger partial charge in [0.2, 0.25) is 5.91 Å². The van der Waals surface area contributed by atoms with Crippen molar-refractivity contribution in [1.29, 1.82) is 5.26 Å². The number of carboxylic acid groups (broad SMARTS) is 1. The van der Waals surface area contributed by atoms with Gasteiger partial charge in [0.05, 0.1) is 17.2 Å². The standard InChI is InChI=1S/C22H22N2O3/c1-21(2,3)22(13-12-19(25)24(22)20(26)27)18-10-8-17(9-11-18)16-6-4-15(14-23)5-7-16/h4-11H,12-13H2,1-3H3,(H,26,27)/t22-/m1/s1. The van der Waals surface area contributed by atoms with E-state index >= 15 is 0 Å². The normalized spacial score (nSPS) is 19.8. The quantitative estimate of drug-likeness (QED) is 0.834. The summed E-state index contributed by atoms with van der Waals surface area (Å²) in [5, 5.41) is 18.6. The van der Waals surface area contributed by atoms with Gasteiger partial charge in [-0.15, -0.1) is 0 Å². The highest BCUT2D eigenvalue weighted by Gasteiger charge is 2.56. The monoisotopic (exact) mass is 362 g/mol. The Balaban J connectivity index is 2.06. The molecule has 0 spiro atoms. The summed E-state index contributed by atoms with van der Waals surface area (Å²) in [7, 11) is 0. The van der Waals surface area contributed by atoms with E-state index in [1.807, 2.05) is 57.2 Å². The minimum Gasteiger partial charge on any atom is -0.465 e. The summed E-state index contributed by atoms with van der Waals surface area (Å²) in [4.78, 5) is 25.2. The minimum absolute atomic E-state index is 0.223. The second-order valence-corrected chi connectivity index (χ2v) is 7.89. The average Bonchev–Trinajstić information content (AvgIpc) is 3.00. The summed E-state index contributed by atoms with van der Waals surface area (Å²) in [6.07, 6.45) is -0.512. The first-order valence-electron chi connectivity index (χ1n) is 8.88. The van der Waals surface area contributed by atoms with E-state index < -0.39 is 17.0 Å². The molecule has 5 heteroatoms. The zero-order valence-electron chi connectivity index (χ0n) is 15.7. The minimum atomic E-state index is -1.21. The molecule has 2 aromatic rings. The number of likely N-dealkylation sites (tertiary alicyclic amines) is 1. The summed E-state index contributed by atoms with van der Waals surface area (Å²) in [5.74, 6) is -0.353. The highest BCUT2D eigenvalue weighted by atomic mass is 16.4. The third-order valence-corrected chi connectivity index (χ3v) is 5.47. The Hall–Kier alpha value is -3.13. The summed E-state index contributed by atoms with van der Waals surface area (Å²) >= 11 is 0. The van der Waals surface area contributed by atoms with Crippen LogP contribution in [0, 0.1) is 16.7 Å². The Bertz CT molecular complexity index is 918. The number of imide groups is 1. The van der Waals surface area contributed by atoms with Gasteiger partial charge in [-0.25, -0.2) is 9.69 Å². The summed E-state index contributed by atoms with van der Waals surface area (Å²) in [5.41, 5.74) is 2.03. The van der Waals surface area contributed by atoms with Crippen molar-refractivity contribution in [3.63, 3.8) is 0 Å². The van der Waals surface area contributed by atoms with Gasteiger partial charge in [0.15, 0.2) is 0 Å². The predicted octanol–water partition coefficient (Wildman–Crippen LogP) is 4.77. The van der Waals surface area contributed by atoms with Gasteiger partial charge in [-0.05, 0) is 40.7 Å². The van der Waals surface area contributed by atoms with Crippen molar-refractivity contribution in [3.8, 4) is 17.2 Å². The first-order chi connectivity index (χ1) is 12.7.